The van der Waals surface area contributed by atoms with E-state index in [-0.39, 0.29) is 0 Å². The van der Waals surface area contributed by atoms with Crippen LogP contribution >= 0.6 is 0 Å². The summed E-state index contributed by atoms with van der Waals surface area (Å²) < 4.78 is 4.07. The van der Waals surface area contributed by atoms with E-state index in [1.54, 1.807) is 0 Å². The number of carbonyl (C=O) groups excluding carboxylic acids is 1. The Hall–Kier alpha value is -1.77. The van der Waals surface area contributed by atoms with Crippen molar-refractivity contribution in [2.24, 2.45) is 0 Å². The third-order valence-corrected chi connectivity index (χ3v) is 2.63. The van der Waals surface area contributed by atoms with Crippen LogP contribution in [0.2, 0.25) is 0 Å². The van der Waals surface area contributed by atoms with Crippen molar-refractivity contribution in [1.82, 2.24) is 9.13 Å². The van der Waals surface area contributed by atoms with E-state index < -0.39 is 0 Å². The molecule has 0 spiro atoms. The summed E-state index contributed by atoms with van der Waals surface area (Å²) in [5.41, 5.74) is 0. The van der Waals surface area contributed by atoms with Gasteiger partial charge in [0.2, 0.25) is 0 Å². The predicted octanol–water partition coefficient (Wildman–Crippen LogP) is 2.34. The van der Waals surface area contributed by atoms with Crippen molar-refractivity contribution in [2.75, 3.05) is 0 Å². The van der Waals surface area contributed by atoms with Crippen LogP contribution in [0.4, 0.5) is 0 Å². The molecule has 2 aromatic heterocycles. The van der Waals surface area contributed by atoms with Crippen molar-refractivity contribution in [2.45, 2.75) is 25.9 Å². The fourth-order valence-electron chi connectivity index (χ4n) is 1.67. The van der Waals surface area contributed by atoms with Gasteiger partial charge in [-0.2, -0.15) is 0 Å². The number of hydrogen-bond donors (Lipinski definition) is 0. The minimum atomic E-state index is 0.322. The number of aromatic nitrogens is 2. The molecular weight excluding hydrogens is 200 g/mol. The van der Waals surface area contributed by atoms with Gasteiger partial charge in [-0.3, -0.25) is 4.79 Å². The number of hydrogen-bond acceptors (Lipinski definition) is 1. The maximum atomic E-state index is 11.6. The molecule has 2 heterocycles. The molecule has 0 unspecified atom stereocenters. The zero-order valence-corrected chi connectivity index (χ0v) is 9.25. The van der Waals surface area contributed by atoms with Gasteiger partial charge in [0.05, 0.1) is 0 Å². The summed E-state index contributed by atoms with van der Waals surface area (Å²) in [6.45, 7) is 1.58. The van der Waals surface area contributed by atoms with Crippen LogP contribution in [0.25, 0.3) is 0 Å². The van der Waals surface area contributed by atoms with Crippen molar-refractivity contribution in [3.63, 3.8) is 0 Å². The van der Waals surface area contributed by atoms with Gasteiger partial charge in [-0.25, -0.2) is 0 Å². The van der Waals surface area contributed by atoms with Crippen molar-refractivity contribution < 1.29 is 4.79 Å². The van der Waals surface area contributed by atoms with E-state index in [1.807, 2.05) is 58.2 Å². The molecule has 0 aliphatic carbocycles. The minimum absolute atomic E-state index is 0.322. The summed E-state index contributed by atoms with van der Waals surface area (Å²) in [5, 5.41) is 0. The Kier molecular flexibility index (Phi) is 3.59. The summed E-state index contributed by atoms with van der Waals surface area (Å²) in [6.07, 6.45) is 9.18. The van der Waals surface area contributed by atoms with Gasteiger partial charge in [-0.1, -0.05) is 0 Å². The second-order valence-electron chi connectivity index (χ2n) is 3.88. The van der Waals surface area contributed by atoms with Crippen molar-refractivity contribution in [3.8, 4) is 0 Å². The maximum Gasteiger partial charge on any atom is 0.136 e. The van der Waals surface area contributed by atoms with Gasteiger partial charge in [-0.05, 0) is 24.3 Å². The molecule has 0 N–H and O–H groups in total. The van der Waals surface area contributed by atoms with E-state index in [9.17, 15) is 4.79 Å². The molecule has 3 heteroatoms. The predicted molar refractivity (Wildman–Crippen MR) is 63.1 cm³/mol. The van der Waals surface area contributed by atoms with E-state index in [2.05, 4.69) is 0 Å². The van der Waals surface area contributed by atoms with Gasteiger partial charge < -0.3 is 9.13 Å². The lowest BCUT2D eigenvalue weighted by Gasteiger charge is -2.03. The molecule has 0 bridgehead atoms. The second kappa shape index (κ2) is 5.35. The Morgan fingerprint density at radius 3 is 1.50 bits per heavy atom. The lowest BCUT2D eigenvalue weighted by Crippen LogP contribution is -2.07. The van der Waals surface area contributed by atoms with Crippen LogP contribution in [-0.2, 0) is 17.9 Å². The fourth-order valence-corrected chi connectivity index (χ4v) is 1.67. The molecule has 0 radical (unpaired) electrons. The largest absolute Gasteiger partial charge is 0.354 e. The van der Waals surface area contributed by atoms with E-state index >= 15 is 0 Å². The lowest BCUT2D eigenvalue weighted by molar-refractivity contribution is -0.119. The van der Waals surface area contributed by atoms with Crippen LogP contribution in [0.3, 0.4) is 0 Å². The zero-order valence-electron chi connectivity index (χ0n) is 9.25. The standard InChI is InChI=1S/C13H16N2O/c16-13(5-11-14-7-1-2-8-14)6-12-15-9-3-4-10-15/h1-4,7-10H,5-6,11-12H2. The molecule has 0 aliphatic heterocycles. The first kappa shape index (κ1) is 10.7. The fraction of sp³-hybridized carbons (Fsp3) is 0.308. The van der Waals surface area contributed by atoms with Crippen LogP contribution in [0.15, 0.2) is 49.1 Å². The highest BCUT2D eigenvalue weighted by Gasteiger charge is 2.02. The highest BCUT2D eigenvalue weighted by molar-refractivity contribution is 5.78. The normalized spacial score (nSPS) is 10.5. The molecule has 0 saturated heterocycles. The van der Waals surface area contributed by atoms with Gasteiger partial charge in [0.1, 0.15) is 5.78 Å². The van der Waals surface area contributed by atoms with Crippen LogP contribution in [0.1, 0.15) is 12.8 Å². The first-order valence-electron chi connectivity index (χ1n) is 5.58. The van der Waals surface area contributed by atoms with E-state index in [0.717, 1.165) is 13.1 Å². The summed E-state index contributed by atoms with van der Waals surface area (Å²) in [4.78, 5) is 11.6. The van der Waals surface area contributed by atoms with Crippen LogP contribution in [-0.4, -0.2) is 14.9 Å². The van der Waals surface area contributed by atoms with E-state index in [4.69, 9.17) is 0 Å². The lowest BCUT2D eigenvalue weighted by atomic mass is 10.2. The Morgan fingerprint density at radius 1 is 0.750 bits per heavy atom. The summed E-state index contributed by atoms with van der Waals surface area (Å²) >= 11 is 0. The molecule has 0 aromatic carbocycles. The summed E-state index contributed by atoms with van der Waals surface area (Å²) in [7, 11) is 0. The molecule has 0 aliphatic rings. The number of nitrogens with zero attached hydrogens (tertiary/aromatic N) is 2. The molecule has 0 atom stereocenters. The average Bonchev–Trinajstić information content (AvgIpc) is 2.96. The molecular formula is C13H16N2O. The van der Waals surface area contributed by atoms with Gasteiger partial charge in [-0.15, -0.1) is 0 Å². The molecule has 0 fully saturated rings. The minimum Gasteiger partial charge on any atom is -0.354 e. The van der Waals surface area contributed by atoms with Gasteiger partial charge in [0.25, 0.3) is 0 Å². The third kappa shape index (κ3) is 3.12. The number of rotatable bonds is 6. The number of aryl methyl sites for hydroxylation is 2. The highest BCUT2D eigenvalue weighted by Crippen LogP contribution is 1.99. The van der Waals surface area contributed by atoms with E-state index in [0.29, 0.717) is 18.6 Å². The van der Waals surface area contributed by atoms with Crippen molar-refractivity contribution in [1.29, 1.82) is 0 Å². The molecule has 16 heavy (non-hydrogen) atoms. The first-order chi connectivity index (χ1) is 7.84. The van der Waals surface area contributed by atoms with Gasteiger partial charge in [0, 0.05) is 50.7 Å². The topological polar surface area (TPSA) is 26.9 Å². The highest BCUT2D eigenvalue weighted by atomic mass is 16.1. The molecule has 84 valence electrons. The van der Waals surface area contributed by atoms with Gasteiger partial charge in [0.15, 0.2) is 0 Å². The Labute approximate surface area is 95.3 Å². The Balaban J connectivity index is 1.69. The number of Topliss-reactive ketones (excluding diaryl/α,β-unsaturated/α-hetero) is 1. The van der Waals surface area contributed by atoms with E-state index in [1.165, 1.54) is 0 Å². The van der Waals surface area contributed by atoms with Crippen molar-refractivity contribution in [3.05, 3.63) is 49.1 Å². The maximum absolute atomic E-state index is 11.6. The molecule has 0 amide bonds. The SMILES string of the molecule is O=C(CCn1cccc1)CCn1cccc1. The van der Waals surface area contributed by atoms with Crippen molar-refractivity contribution >= 4 is 5.78 Å². The third-order valence-electron chi connectivity index (χ3n) is 2.63. The number of carbonyl (C=O) groups is 1. The molecule has 0 saturated carbocycles. The van der Waals surface area contributed by atoms with Gasteiger partial charge >= 0.3 is 0 Å². The summed E-state index contributed by atoms with van der Waals surface area (Å²) in [6, 6.07) is 7.91. The van der Waals surface area contributed by atoms with Crippen LogP contribution < -0.4 is 0 Å². The molecule has 3 nitrogen and oxygen atoms in total. The first-order valence-corrected chi connectivity index (χ1v) is 5.58. The van der Waals surface area contributed by atoms with Crippen LogP contribution in [0, 0.1) is 0 Å². The molecule has 2 rings (SSSR count). The number of ketones is 1. The second-order valence-corrected chi connectivity index (χ2v) is 3.88. The summed E-state index contributed by atoms with van der Waals surface area (Å²) in [5.74, 6) is 0.322. The quantitative estimate of drug-likeness (QED) is 0.728. The monoisotopic (exact) mass is 216 g/mol. The average molecular weight is 216 g/mol. The zero-order chi connectivity index (χ0) is 11.2. The Morgan fingerprint density at radius 2 is 1.12 bits per heavy atom. The van der Waals surface area contributed by atoms with Crippen LogP contribution in [0.5, 0.6) is 0 Å². The molecule has 2 aromatic rings. The Bertz CT molecular complexity index is 374. The smallest absolute Gasteiger partial charge is 0.136 e.